The summed E-state index contributed by atoms with van der Waals surface area (Å²) in [6.45, 7) is 1.70. The van der Waals surface area contributed by atoms with Gasteiger partial charge in [0.2, 0.25) is 5.88 Å². The van der Waals surface area contributed by atoms with E-state index < -0.39 is 15.9 Å². The zero-order valence-electron chi connectivity index (χ0n) is 15.1. The van der Waals surface area contributed by atoms with E-state index in [1.54, 1.807) is 6.92 Å². The monoisotopic (exact) mass is 379 g/mol. The maximum atomic E-state index is 12.6. The summed E-state index contributed by atoms with van der Waals surface area (Å²) >= 11 is 0. The second-order valence-corrected chi connectivity index (χ2v) is 9.10. The van der Waals surface area contributed by atoms with Crippen molar-refractivity contribution >= 4 is 15.7 Å². The van der Waals surface area contributed by atoms with E-state index in [1.165, 1.54) is 12.3 Å². The van der Waals surface area contributed by atoms with E-state index >= 15 is 0 Å². The zero-order valence-corrected chi connectivity index (χ0v) is 16.0. The SMILES string of the molecule is CC(C=CS(C)(=O)=O)NC(=O)c1cnc(C2CC2)nc1OC1CCCC1. The average Bonchev–Trinajstić information content (AvgIpc) is 3.30. The number of nitrogens with one attached hydrogen (secondary N) is 1. The molecule has 1 aromatic heterocycles. The number of carbonyl (C=O) groups is 1. The molecule has 142 valence electrons. The lowest BCUT2D eigenvalue weighted by Crippen LogP contribution is -2.32. The molecule has 0 bridgehead atoms. The molecule has 2 saturated carbocycles. The molecule has 1 amide bonds. The number of rotatable bonds is 7. The van der Waals surface area contributed by atoms with Gasteiger partial charge in [-0.1, -0.05) is 6.08 Å². The Morgan fingerprint density at radius 1 is 1.31 bits per heavy atom. The first-order chi connectivity index (χ1) is 12.3. The zero-order chi connectivity index (χ0) is 18.7. The second-order valence-electron chi connectivity index (χ2n) is 7.17. The predicted molar refractivity (Wildman–Crippen MR) is 97.8 cm³/mol. The van der Waals surface area contributed by atoms with E-state index in [0.29, 0.717) is 17.4 Å². The smallest absolute Gasteiger partial charge is 0.258 e. The molecule has 1 N–H and O–H groups in total. The molecule has 1 heterocycles. The summed E-state index contributed by atoms with van der Waals surface area (Å²) in [5, 5.41) is 3.83. The Kier molecular flexibility index (Phi) is 5.60. The molecule has 0 saturated heterocycles. The van der Waals surface area contributed by atoms with Crippen LogP contribution in [0, 0.1) is 0 Å². The van der Waals surface area contributed by atoms with Crippen LogP contribution < -0.4 is 10.1 Å². The van der Waals surface area contributed by atoms with Gasteiger partial charge in [0, 0.05) is 29.8 Å². The highest BCUT2D eigenvalue weighted by Gasteiger charge is 2.29. The lowest BCUT2D eigenvalue weighted by Gasteiger charge is -2.17. The molecule has 0 spiro atoms. The van der Waals surface area contributed by atoms with Crippen LogP contribution in [-0.2, 0) is 9.84 Å². The van der Waals surface area contributed by atoms with Crippen LogP contribution in [0.15, 0.2) is 17.7 Å². The maximum Gasteiger partial charge on any atom is 0.258 e. The van der Waals surface area contributed by atoms with Crippen LogP contribution in [0.1, 0.15) is 67.5 Å². The first-order valence-electron chi connectivity index (χ1n) is 9.04. The van der Waals surface area contributed by atoms with Crippen LogP contribution in [0.25, 0.3) is 0 Å². The van der Waals surface area contributed by atoms with Crippen molar-refractivity contribution in [2.75, 3.05) is 6.26 Å². The first-order valence-corrected chi connectivity index (χ1v) is 11.0. The quantitative estimate of drug-likeness (QED) is 0.781. The Hall–Kier alpha value is -1.96. The summed E-state index contributed by atoms with van der Waals surface area (Å²) < 4.78 is 28.4. The van der Waals surface area contributed by atoms with Gasteiger partial charge in [0.1, 0.15) is 17.5 Å². The van der Waals surface area contributed by atoms with Gasteiger partial charge in [0.25, 0.3) is 5.91 Å². The molecule has 3 rings (SSSR count). The molecule has 26 heavy (non-hydrogen) atoms. The van der Waals surface area contributed by atoms with Gasteiger partial charge < -0.3 is 10.1 Å². The molecule has 1 atom stereocenters. The van der Waals surface area contributed by atoms with E-state index in [0.717, 1.165) is 56.0 Å². The highest BCUT2D eigenvalue weighted by molar-refractivity contribution is 7.93. The van der Waals surface area contributed by atoms with Crippen molar-refractivity contribution in [2.45, 2.75) is 63.5 Å². The summed E-state index contributed by atoms with van der Waals surface area (Å²) in [5.41, 5.74) is 0.293. The van der Waals surface area contributed by atoms with Gasteiger partial charge >= 0.3 is 0 Å². The van der Waals surface area contributed by atoms with Gasteiger partial charge in [-0.15, -0.1) is 0 Å². The summed E-state index contributed by atoms with van der Waals surface area (Å²) in [5.74, 6) is 1.07. The number of carbonyl (C=O) groups excluding carboxylic acids is 1. The van der Waals surface area contributed by atoms with Crippen LogP contribution in [0.2, 0.25) is 0 Å². The van der Waals surface area contributed by atoms with Crippen LogP contribution in [0.3, 0.4) is 0 Å². The number of hydrogen-bond acceptors (Lipinski definition) is 6. The summed E-state index contributed by atoms with van der Waals surface area (Å²) in [4.78, 5) is 21.4. The Balaban J connectivity index is 1.76. The Bertz CT molecular complexity index is 797. The fourth-order valence-electron chi connectivity index (χ4n) is 2.92. The van der Waals surface area contributed by atoms with Crippen LogP contribution in [-0.4, -0.2) is 42.7 Å². The molecule has 1 aromatic rings. The molecular formula is C18H25N3O4S. The van der Waals surface area contributed by atoms with Crippen LogP contribution >= 0.6 is 0 Å². The molecular weight excluding hydrogens is 354 g/mol. The molecule has 0 aromatic carbocycles. The van der Waals surface area contributed by atoms with Crippen molar-refractivity contribution in [1.82, 2.24) is 15.3 Å². The van der Waals surface area contributed by atoms with E-state index in [9.17, 15) is 13.2 Å². The number of ether oxygens (including phenoxy) is 1. The average molecular weight is 379 g/mol. The number of hydrogen-bond donors (Lipinski definition) is 1. The minimum absolute atomic E-state index is 0.0889. The fraction of sp³-hybridized carbons (Fsp3) is 0.611. The third-order valence-corrected chi connectivity index (χ3v) is 5.16. The number of amides is 1. The standard InChI is InChI=1S/C18H25N3O4S/c1-12(9-10-26(2,23)24)20-17(22)15-11-19-16(13-7-8-13)21-18(15)25-14-5-3-4-6-14/h9-14H,3-8H2,1-2H3,(H,20,22). The van der Waals surface area contributed by atoms with E-state index in [-0.39, 0.29) is 12.0 Å². The third-order valence-electron chi connectivity index (χ3n) is 4.51. The van der Waals surface area contributed by atoms with Crippen LogP contribution in [0.4, 0.5) is 0 Å². The highest BCUT2D eigenvalue weighted by Crippen LogP contribution is 2.39. The third kappa shape index (κ3) is 5.27. The highest BCUT2D eigenvalue weighted by atomic mass is 32.2. The van der Waals surface area contributed by atoms with E-state index in [2.05, 4.69) is 15.3 Å². The van der Waals surface area contributed by atoms with Gasteiger partial charge in [-0.05, 0) is 45.4 Å². The van der Waals surface area contributed by atoms with Crippen molar-refractivity contribution in [3.05, 3.63) is 29.1 Å². The lowest BCUT2D eigenvalue weighted by atomic mass is 10.2. The summed E-state index contributed by atoms with van der Waals surface area (Å²) in [7, 11) is -3.23. The predicted octanol–water partition coefficient (Wildman–Crippen LogP) is 2.35. The lowest BCUT2D eigenvalue weighted by molar-refractivity contribution is 0.0937. The van der Waals surface area contributed by atoms with Gasteiger partial charge in [-0.25, -0.2) is 13.4 Å². The normalized spacial score (nSPS) is 19.6. The Morgan fingerprint density at radius 2 is 2.00 bits per heavy atom. The topological polar surface area (TPSA) is 98.2 Å². The van der Waals surface area contributed by atoms with Crippen molar-refractivity contribution in [3.8, 4) is 5.88 Å². The Morgan fingerprint density at radius 3 is 2.62 bits per heavy atom. The number of sulfone groups is 1. The van der Waals surface area contributed by atoms with E-state index in [1.807, 2.05) is 0 Å². The molecule has 2 fully saturated rings. The molecule has 0 radical (unpaired) electrons. The first kappa shape index (κ1) is 18.8. The second kappa shape index (κ2) is 7.73. The number of aromatic nitrogens is 2. The van der Waals surface area contributed by atoms with Gasteiger partial charge in [0.05, 0.1) is 0 Å². The molecule has 7 nitrogen and oxygen atoms in total. The van der Waals surface area contributed by atoms with Crippen molar-refractivity contribution < 1.29 is 17.9 Å². The largest absolute Gasteiger partial charge is 0.474 e. The van der Waals surface area contributed by atoms with Gasteiger partial charge in [-0.3, -0.25) is 4.79 Å². The summed E-state index contributed by atoms with van der Waals surface area (Å²) in [6, 6.07) is -0.445. The van der Waals surface area contributed by atoms with Gasteiger partial charge in [0.15, 0.2) is 9.84 Å². The van der Waals surface area contributed by atoms with Crippen LogP contribution in [0.5, 0.6) is 5.88 Å². The van der Waals surface area contributed by atoms with Crippen molar-refractivity contribution in [2.24, 2.45) is 0 Å². The minimum Gasteiger partial charge on any atom is -0.474 e. The maximum absolute atomic E-state index is 12.6. The molecule has 2 aliphatic rings. The molecule has 0 aliphatic heterocycles. The summed E-state index contributed by atoms with van der Waals surface area (Å²) in [6.07, 6.45) is 10.5. The molecule has 8 heteroatoms. The van der Waals surface area contributed by atoms with Gasteiger partial charge in [-0.2, -0.15) is 4.98 Å². The van der Waals surface area contributed by atoms with Crippen molar-refractivity contribution in [3.63, 3.8) is 0 Å². The minimum atomic E-state index is -3.23. The Labute approximate surface area is 154 Å². The van der Waals surface area contributed by atoms with Crippen molar-refractivity contribution in [1.29, 1.82) is 0 Å². The fourth-order valence-corrected chi connectivity index (χ4v) is 3.44. The number of nitrogens with zero attached hydrogens (tertiary/aromatic N) is 2. The molecule has 1 unspecified atom stereocenters. The van der Waals surface area contributed by atoms with E-state index in [4.69, 9.17) is 4.74 Å². The molecule has 2 aliphatic carbocycles.